The van der Waals surface area contributed by atoms with Crippen molar-refractivity contribution in [1.29, 1.82) is 0 Å². The number of carboxylic acids is 1. The van der Waals surface area contributed by atoms with E-state index in [0.717, 1.165) is 16.3 Å². The molecule has 0 aliphatic rings. The number of aromatic nitrogens is 1. The first-order chi connectivity index (χ1) is 9.45. The molecule has 1 aromatic carbocycles. The summed E-state index contributed by atoms with van der Waals surface area (Å²) >= 11 is 3.28. The largest absolute Gasteiger partial charge is 0.481 e. The molecule has 0 unspecified atom stereocenters. The Morgan fingerprint density at radius 2 is 2.00 bits per heavy atom. The summed E-state index contributed by atoms with van der Waals surface area (Å²) in [5.74, 6) is 0.192. The fraction of sp³-hybridized carbons (Fsp3) is 0.333. The van der Waals surface area contributed by atoms with Crippen LogP contribution < -0.4 is 0 Å². The predicted octanol–water partition coefficient (Wildman–Crippen LogP) is 4.28. The standard InChI is InChI=1S/C15H17NO2S2/c1-4-19-11-7-5-10(6-8-11)13-16-12(9-20-13)15(2,3)14(17)18/h5-9H,4H2,1-3H3,(H,17,18). The molecule has 20 heavy (non-hydrogen) atoms. The van der Waals surface area contributed by atoms with Crippen molar-refractivity contribution in [3.05, 3.63) is 35.3 Å². The number of thiazole rings is 1. The highest BCUT2D eigenvalue weighted by molar-refractivity contribution is 7.99. The summed E-state index contributed by atoms with van der Waals surface area (Å²) in [6.07, 6.45) is 0. The molecule has 1 aromatic heterocycles. The van der Waals surface area contributed by atoms with Crippen LogP contribution in [-0.2, 0) is 10.2 Å². The van der Waals surface area contributed by atoms with E-state index in [1.165, 1.54) is 16.2 Å². The first-order valence-electron chi connectivity index (χ1n) is 6.37. The van der Waals surface area contributed by atoms with Crippen LogP contribution in [0.5, 0.6) is 0 Å². The molecule has 0 radical (unpaired) electrons. The summed E-state index contributed by atoms with van der Waals surface area (Å²) in [6.45, 7) is 5.48. The van der Waals surface area contributed by atoms with E-state index in [2.05, 4.69) is 24.0 Å². The van der Waals surface area contributed by atoms with E-state index in [4.69, 9.17) is 0 Å². The highest BCUT2D eigenvalue weighted by Crippen LogP contribution is 2.31. The van der Waals surface area contributed by atoms with Gasteiger partial charge in [0.15, 0.2) is 0 Å². The number of hydrogen-bond donors (Lipinski definition) is 1. The number of benzene rings is 1. The van der Waals surface area contributed by atoms with Crippen LogP contribution in [0.15, 0.2) is 34.5 Å². The van der Waals surface area contributed by atoms with Crippen LogP contribution in [-0.4, -0.2) is 21.8 Å². The zero-order valence-electron chi connectivity index (χ0n) is 11.7. The van der Waals surface area contributed by atoms with Gasteiger partial charge in [-0.3, -0.25) is 4.79 Å². The quantitative estimate of drug-likeness (QED) is 0.837. The maximum Gasteiger partial charge on any atom is 0.315 e. The van der Waals surface area contributed by atoms with Crippen LogP contribution >= 0.6 is 23.1 Å². The van der Waals surface area contributed by atoms with E-state index in [9.17, 15) is 9.90 Å². The third kappa shape index (κ3) is 3.04. The van der Waals surface area contributed by atoms with Gasteiger partial charge in [0.05, 0.1) is 5.69 Å². The van der Waals surface area contributed by atoms with Crippen molar-refractivity contribution >= 4 is 29.1 Å². The van der Waals surface area contributed by atoms with Gasteiger partial charge in [-0.2, -0.15) is 0 Å². The van der Waals surface area contributed by atoms with Gasteiger partial charge < -0.3 is 5.11 Å². The van der Waals surface area contributed by atoms with Crippen LogP contribution in [0.2, 0.25) is 0 Å². The molecule has 3 nitrogen and oxygen atoms in total. The molecular formula is C15H17NO2S2. The van der Waals surface area contributed by atoms with Gasteiger partial charge in [0.2, 0.25) is 0 Å². The van der Waals surface area contributed by atoms with E-state index in [1.54, 1.807) is 25.6 Å². The van der Waals surface area contributed by atoms with Crippen molar-refractivity contribution in [2.45, 2.75) is 31.1 Å². The Balaban J connectivity index is 2.26. The SMILES string of the molecule is CCSc1ccc(-c2nc(C(C)(C)C(=O)O)cs2)cc1. The minimum absolute atomic E-state index is 0.608. The number of carbonyl (C=O) groups is 1. The first kappa shape index (κ1) is 15.1. The summed E-state index contributed by atoms with van der Waals surface area (Å²) in [7, 11) is 0. The normalized spacial score (nSPS) is 11.6. The molecule has 0 amide bonds. The van der Waals surface area contributed by atoms with E-state index >= 15 is 0 Å². The van der Waals surface area contributed by atoms with Gasteiger partial charge in [0.25, 0.3) is 0 Å². The lowest BCUT2D eigenvalue weighted by Crippen LogP contribution is -2.28. The third-order valence-corrected chi connectivity index (χ3v) is 4.88. The molecule has 0 saturated carbocycles. The summed E-state index contributed by atoms with van der Waals surface area (Å²) in [5.41, 5.74) is 0.687. The van der Waals surface area contributed by atoms with Gasteiger partial charge in [0, 0.05) is 15.8 Å². The Labute approximate surface area is 127 Å². The van der Waals surface area contributed by atoms with Gasteiger partial charge in [-0.1, -0.05) is 19.1 Å². The molecule has 2 aromatic rings. The zero-order chi connectivity index (χ0) is 14.8. The number of carboxylic acid groups (broad SMARTS) is 1. The highest BCUT2D eigenvalue weighted by atomic mass is 32.2. The number of rotatable bonds is 5. The van der Waals surface area contributed by atoms with Gasteiger partial charge >= 0.3 is 5.97 Å². The fourth-order valence-corrected chi connectivity index (χ4v) is 3.32. The van der Waals surface area contributed by atoms with Gasteiger partial charge in [-0.15, -0.1) is 23.1 Å². The molecule has 2 rings (SSSR count). The first-order valence-corrected chi connectivity index (χ1v) is 8.24. The second-order valence-corrected chi connectivity index (χ2v) is 7.12. The molecule has 0 aliphatic heterocycles. The van der Waals surface area contributed by atoms with Gasteiger partial charge in [-0.05, 0) is 31.7 Å². The molecule has 106 valence electrons. The van der Waals surface area contributed by atoms with Crippen LogP contribution in [0.4, 0.5) is 0 Å². The molecule has 0 fully saturated rings. The lowest BCUT2D eigenvalue weighted by atomic mass is 9.90. The maximum absolute atomic E-state index is 11.2. The second kappa shape index (κ2) is 5.97. The van der Waals surface area contributed by atoms with Crippen molar-refractivity contribution in [2.24, 2.45) is 0 Å². The summed E-state index contributed by atoms with van der Waals surface area (Å²) in [4.78, 5) is 17.0. The second-order valence-electron chi connectivity index (χ2n) is 4.93. The maximum atomic E-state index is 11.2. The lowest BCUT2D eigenvalue weighted by Gasteiger charge is -2.15. The van der Waals surface area contributed by atoms with Gasteiger partial charge in [0.1, 0.15) is 10.4 Å². The zero-order valence-corrected chi connectivity index (χ0v) is 13.3. The Morgan fingerprint density at radius 3 is 2.55 bits per heavy atom. The lowest BCUT2D eigenvalue weighted by molar-refractivity contribution is -0.142. The number of thioether (sulfide) groups is 1. The number of hydrogen-bond acceptors (Lipinski definition) is 4. The molecule has 1 N–H and O–H groups in total. The average Bonchev–Trinajstić information content (AvgIpc) is 2.90. The minimum atomic E-state index is -0.952. The third-order valence-electron chi connectivity index (χ3n) is 3.09. The van der Waals surface area contributed by atoms with Crippen molar-refractivity contribution in [3.63, 3.8) is 0 Å². The number of nitrogens with zero attached hydrogens (tertiary/aromatic N) is 1. The Morgan fingerprint density at radius 1 is 1.35 bits per heavy atom. The minimum Gasteiger partial charge on any atom is -0.481 e. The van der Waals surface area contributed by atoms with Crippen LogP contribution in [0.3, 0.4) is 0 Å². The van der Waals surface area contributed by atoms with Crippen molar-refractivity contribution in [1.82, 2.24) is 4.98 Å². The molecule has 1 heterocycles. The van der Waals surface area contributed by atoms with E-state index in [-0.39, 0.29) is 0 Å². The molecular weight excluding hydrogens is 290 g/mol. The Bertz CT molecular complexity index is 603. The monoisotopic (exact) mass is 307 g/mol. The van der Waals surface area contributed by atoms with Crippen LogP contribution in [0.1, 0.15) is 26.5 Å². The summed E-state index contributed by atoms with van der Waals surface area (Å²) < 4.78 is 0. The molecule has 0 spiro atoms. The van der Waals surface area contributed by atoms with Crippen molar-refractivity contribution < 1.29 is 9.90 Å². The van der Waals surface area contributed by atoms with Gasteiger partial charge in [-0.25, -0.2) is 4.98 Å². The highest BCUT2D eigenvalue weighted by Gasteiger charge is 2.32. The Hall–Kier alpha value is -1.33. The summed E-state index contributed by atoms with van der Waals surface area (Å²) in [5, 5.41) is 11.9. The van der Waals surface area contributed by atoms with Crippen molar-refractivity contribution in [2.75, 3.05) is 5.75 Å². The molecule has 0 aliphatic carbocycles. The Kier molecular flexibility index (Phi) is 4.50. The van der Waals surface area contributed by atoms with Crippen LogP contribution in [0, 0.1) is 0 Å². The molecule has 0 saturated heterocycles. The number of aliphatic carboxylic acids is 1. The van der Waals surface area contributed by atoms with Crippen molar-refractivity contribution in [3.8, 4) is 10.6 Å². The fourth-order valence-electron chi connectivity index (χ4n) is 1.66. The molecule has 0 bridgehead atoms. The smallest absolute Gasteiger partial charge is 0.315 e. The predicted molar refractivity (Wildman–Crippen MR) is 84.6 cm³/mol. The summed E-state index contributed by atoms with van der Waals surface area (Å²) in [6, 6.07) is 8.22. The molecule has 0 atom stereocenters. The average molecular weight is 307 g/mol. The topological polar surface area (TPSA) is 50.2 Å². The molecule has 5 heteroatoms. The van der Waals surface area contributed by atoms with Crippen LogP contribution in [0.25, 0.3) is 10.6 Å². The van der Waals surface area contributed by atoms with E-state index in [1.807, 2.05) is 17.5 Å². The van der Waals surface area contributed by atoms with E-state index < -0.39 is 11.4 Å². The van der Waals surface area contributed by atoms with E-state index in [0.29, 0.717) is 5.69 Å².